The van der Waals surface area contributed by atoms with E-state index in [1.165, 1.54) is 5.22 Å². The molecule has 2 heterocycles. The smallest absolute Gasteiger partial charge is 0.159 e. The first-order chi connectivity index (χ1) is 8.92. The highest BCUT2D eigenvalue weighted by Gasteiger charge is 2.13. The van der Waals surface area contributed by atoms with Gasteiger partial charge in [-0.3, -0.25) is 5.43 Å². The van der Waals surface area contributed by atoms with Gasteiger partial charge in [0.2, 0.25) is 0 Å². The van der Waals surface area contributed by atoms with E-state index in [4.69, 9.17) is 4.99 Å². The summed E-state index contributed by atoms with van der Waals surface area (Å²) in [7, 11) is 0. The van der Waals surface area contributed by atoms with Crippen LogP contribution in [0.4, 0.5) is 0 Å². The Morgan fingerprint density at radius 2 is 1.67 bits per heavy atom. The summed E-state index contributed by atoms with van der Waals surface area (Å²) in [6.07, 6.45) is 4.07. The van der Waals surface area contributed by atoms with Gasteiger partial charge < -0.3 is 0 Å². The molecule has 0 fully saturated rings. The Bertz CT molecular complexity index is 865. The molecule has 3 heteroatoms. The lowest BCUT2D eigenvalue weighted by Crippen LogP contribution is -2.47. The van der Waals surface area contributed by atoms with Crippen LogP contribution in [0.25, 0.3) is 18.2 Å². The Morgan fingerprint density at radius 1 is 0.889 bits per heavy atom. The highest BCUT2D eigenvalue weighted by atomic mass is 15.5. The quantitative estimate of drug-likeness (QED) is 0.657. The second-order valence-electron chi connectivity index (χ2n) is 4.35. The highest BCUT2D eigenvalue weighted by Crippen LogP contribution is 2.05. The molecular weight excluding hydrogens is 222 g/mol. The second kappa shape index (κ2) is 3.47. The third kappa shape index (κ3) is 1.27. The van der Waals surface area contributed by atoms with Crippen molar-refractivity contribution in [3.63, 3.8) is 0 Å². The Kier molecular flexibility index (Phi) is 1.83. The zero-order valence-electron chi connectivity index (χ0n) is 9.67. The normalized spacial score (nSPS) is 15.1. The van der Waals surface area contributed by atoms with Crippen LogP contribution in [0.1, 0.15) is 0 Å². The molecule has 0 spiro atoms. The Labute approximate surface area is 104 Å². The van der Waals surface area contributed by atoms with E-state index in [1.807, 2.05) is 41.5 Å². The minimum Gasteiger partial charge on any atom is -0.300 e. The maximum atomic E-state index is 4.74. The van der Waals surface area contributed by atoms with E-state index < -0.39 is 0 Å². The predicted octanol–water partition coefficient (Wildman–Crippen LogP) is -0.618. The van der Waals surface area contributed by atoms with E-state index in [-0.39, 0.29) is 0 Å². The Balaban J connectivity index is 2.17. The molecule has 1 N–H and O–H groups in total. The number of nitrogens with zero attached hydrogens (tertiary/aromatic N) is 2. The molecule has 0 aromatic heterocycles. The molecule has 2 aromatic carbocycles. The van der Waals surface area contributed by atoms with Crippen molar-refractivity contribution < 1.29 is 0 Å². The molecule has 0 aliphatic carbocycles. The average Bonchev–Trinajstić information content (AvgIpc) is 2.45. The van der Waals surface area contributed by atoms with E-state index in [0.717, 1.165) is 21.6 Å². The number of para-hydroxylation sites is 1. The zero-order valence-corrected chi connectivity index (χ0v) is 9.67. The van der Waals surface area contributed by atoms with Gasteiger partial charge in [-0.05, 0) is 6.07 Å². The molecule has 0 atom stereocenters. The number of hydrogen-bond acceptors (Lipinski definition) is 3. The van der Waals surface area contributed by atoms with Crippen molar-refractivity contribution >= 4 is 18.2 Å². The van der Waals surface area contributed by atoms with Gasteiger partial charge in [0.15, 0.2) is 5.82 Å². The Morgan fingerprint density at radius 3 is 2.61 bits per heavy atom. The molecular formula is C15H11N3. The van der Waals surface area contributed by atoms with Crippen molar-refractivity contribution in [2.45, 2.75) is 0 Å². The van der Waals surface area contributed by atoms with Gasteiger partial charge in [-0.1, -0.05) is 42.5 Å². The van der Waals surface area contributed by atoms with E-state index in [9.17, 15) is 0 Å². The molecule has 0 saturated heterocycles. The fraction of sp³-hybridized carbons (Fsp3) is 0. The van der Waals surface area contributed by atoms with Crippen molar-refractivity contribution in [2.75, 3.05) is 0 Å². The molecule has 0 saturated carbocycles. The van der Waals surface area contributed by atoms with E-state index >= 15 is 0 Å². The first-order valence-electron chi connectivity index (χ1n) is 5.92. The van der Waals surface area contributed by atoms with Crippen molar-refractivity contribution in [3.8, 4) is 0 Å². The van der Waals surface area contributed by atoms with Crippen LogP contribution in [0.15, 0.2) is 53.5 Å². The van der Waals surface area contributed by atoms with Crippen molar-refractivity contribution in [2.24, 2.45) is 4.99 Å². The topological polar surface area (TPSA) is 27.6 Å². The maximum absolute atomic E-state index is 4.74. The summed E-state index contributed by atoms with van der Waals surface area (Å²) in [6.45, 7) is 0. The van der Waals surface area contributed by atoms with Gasteiger partial charge in [0.05, 0.1) is 5.36 Å². The predicted molar refractivity (Wildman–Crippen MR) is 70.2 cm³/mol. The molecule has 0 unspecified atom stereocenters. The molecule has 0 radical (unpaired) electrons. The summed E-state index contributed by atoms with van der Waals surface area (Å²) >= 11 is 0. The van der Waals surface area contributed by atoms with Gasteiger partial charge in [-0.2, -0.15) is 0 Å². The molecule has 2 aromatic rings. The summed E-state index contributed by atoms with van der Waals surface area (Å²) in [6, 6.07) is 16.4. The molecule has 2 aliphatic heterocycles. The van der Waals surface area contributed by atoms with Crippen LogP contribution in [-0.4, -0.2) is 5.01 Å². The van der Waals surface area contributed by atoms with Crippen LogP contribution in [-0.2, 0) is 0 Å². The molecule has 4 rings (SSSR count). The third-order valence-corrected chi connectivity index (χ3v) is 3.22. The first kappa shape index (κ1) is 9.48. The average molecular weight is 233 g/mol. The molecule has 0 bridgehead atoms. The minimum atomic E-state index is 0.951. The lowest BCUT2D eigenvalue weighted by Gasteiger charge is -2.25. The lowest BCUT2D eigenvalue weighted by atomic mass is 10.2. The van der Waals surface area contributed by atoms with Crippen LogP contribution in [0, 0.1) is 0 Å². The maximum Gasteiger partial charge on any atom is 0.159 e. The van der Waals surface area contributed by atoms with Crippen molar-refractivity contribution in [1.29, 1.82) is 0 Å². The summed E-state index contributed by atoms with van der Waals surface area (Å²) < 4.78 is 0. The second-order valence-corrected chi connectivity index (χ2v) is 4.35. The first-order valence-corrected chi connectivity index (χ1v) is 5.92. The fourth-order valence-electron chi connectivity index (χ4n) is 2.32. The number of hydrogen-bond donors (Lipinski definition) is 1. The van der Waals surface area contributed by atoms with Gasteiger partial charge in [0.25, 0.3) is 0 Å². The summed E-state index contributed by atoms with van der Waals surface area (Å²) in [4.78, 5) is 4.74. The molecule has 18 heavy (non-hydrogen) atoms. The fourth-order valence-corrected chi connectivity index (χ4v) is 2.32. The van der Waals surface area contributed by atoms with E-state index in [0.29, 0.717) is 0 Å². The number of rotatable bonds is 0. The van der Waals surface area contributed by atoms with E-state index in [1.54, 1.807) is 0 Å². The standard InChI is InChI=1S/C15H11N3/c1-3-7-13-11(5-1)9-16-18-10-12-6-2-4-8-14(12)17-15(13)18/h1-10,16H. The number of hydrazine groups is 1. The van der Waals surface area contributed by atoms with Crippen LogP contribution >= 0.6 is 0 Å². The van der Waals surface area contributed by atoms with Crippen molar-refractivity contribution in [1.82, 2.24) is 10.4 Å². The molecule has 3 nitrogen and oxygen atoms in total. The number of benzene rings is 2. The van der Waals surface area contributed by atoms with Crippen LogP contribution < -0.4 is 26.4 Å². The lowest BCUT2D eigenvalue weighted by molar-refractivity contribution is 0.492. The van der Waals surface area contributed by atoms with Gasteiger partial charge in [0.1, 0.15) is 0 Å². The molecule has 86 valence electrons. The number of nitrogens with one attached hydrogen (secondary N) is 1. The van der Waals surface area contributed by atoms with Crippen LogP contribution in [0.5, 0.6) is 0 Å². The van der Waals surface area contributed by atoms with Gasteiger partial charge in [-0.25, -0.2) is 10.0 Å². The largest absolute Gasteiger partial charge is 0.300 e. The molecule has 0 amide bonds. The van der Waals surface area contributed by atoms with Gasteiger partial charge >= 0.3 is 0 Å². The zero-order chi connectivity index (χ0) is 11.9. The summed E-state index contributed by atoms with van der Waals surface area (Å²) in [5.74, 6) is 0.951. The summed E-state index contributed by atoms with van der Waals surface area (Å²) in [5.41, 5.74) is 3.24. The van der Waals surface area contributed by atoms with Crippen molar-refractivity contribution in [3.05, 3.63) is 69.5 Å². The minimum absolute atomic E-state index is 0.951. The Hall–Kier alpha value is -2.55. The van der Waals surface area contributed by atoms with E-state index in [2.05, 4.69) is 29.8 Å². The highest BCUT2D eigenvalue weighted by molar-refractivity contribution is 5.55. The number of fused-ring (bicyclic) bond motifs is 3. The van der Waals surface area contributed by atoms with Crippen LogP contribution in [0.2, 0.25) is 0 Å². The summed E-state index contributed by atoms with van der Waals surface area (Å²) in [5, 5.41) is 6.43. The molecule has 2 aliphatic rings. The third-order valence-electron chi connectivity index (χ3n) is 3.22. The van der Waals surface area contributed by atoms with Gasteiger partial charge in [0, 0.05) is 28.1 Å². The van der Waals surface area contributed by atoms with Crippen LogP contribution in [0.3, 0.4) is 0 Å². The monoisotopic (exact) mass is 233 g/mol. The van der Waals surface area contributed by atoms with Gasteiger partial charge in [-0.15, -0.1) is 0 Å². The SMILES string of the molecule is C1=c2ccccc2=NC2=c3ccccc3=CNN12.